The minimum Gasteiger partial charge on any atom is -0.353 e. The molecule has 0 aromatic heterocycles. The first-order chi connectivity index (χ1) is 10.7. The molecule has 1 N–H and O–H groups in total. The fourth-order valence-electron chi connectivity index (χ4n) is 3.64. The number of piperazine rings is 1. The molecule has 0 aliphatic carbocycles. The molecule has 0 spiro atoms. The summed E-state index contributed by atoms with van der Waals surface area (Å²) in [5.41, 5.74) is 3.63. The summed E-state index contributed by atoms with van der Waals surface area (Å²) < 4.78 is 0. The van der Waals surface area contributed by atoms with Crippen molar-refractivity contribution in [1.29, 1.82) is 0 Å². The van der Waals surface area contributed by atoms with Gasteiger partial charge in [0.2, 0.25) is 5.91 Å². The Balaban J connectivity index is 1.82. The lowest BCUT2D eigenvalue weighted by molar-refractivity contribution is -0.129. The van der Waals surface area contributed by atoms with Crippen molar-refractivity contribution in [1.82, 2.24) is 10.2 Å². The number of hydrogen-bond acceptors (Lipinski definition) is 2. The average Bonchev–Trinajstić information content (AvgIpc) is 2.55. The number of hydrogen-bond donors (Lipinski definition) is 1. The minimum atomic E-state index is -0.145. The van der Waals surface area contributed by atoms with Gasteiger partial charge in [-0.1, -0.05) is 48.0 Å². The average molecular weight is 313 g/mol. The van der Waals surface area contributed by atoms with E-state index in [4.69, 9.17) is 11.6 Å². The highest BCUT2D eigenvalue weighted by atomic mass is 35.5. The van der Waals surface area contributed by atoms with E-state index in [2.05, 4.69) is 40.5 Å². The van der Waals surface area contributed by atoms with Crippen LogP contribution in [-0.2, 0) is 4.79 Å². The minimum absolute atomic E-state index is 0.119. The lowest BCUT2D eigenvalue weighted by Crippen LogP contribution is -2.53. The van der Waals surface area contributed by atoms with E-state index in [-0.39, 0.29) is 17.9 Å². The Morgan fingerprint density at radius 2 is 1.77 bits per heavy atom. The maximum Gasteiger partial charge on any atom is 0.242 e. The Kier molecular flexibility index (Phi) is 3.40. The summed E-state index contributed by atoms with van der Waals surface area (Å²) in [5.74, 6) is 0.406. The highest BCUT2D eigenvalue weighted by molar-refractivity contribution is 6.30. The second-order valence-electron chi connectivity index (χ2n) is 5.92. The summed E-state index contributed by atoms with van der Waals surface area (Å²) in [4.78, 5) is 14.6. The van der Waals surface area contributed by atoms with Crippen molar-refractivity contribution in [3.8, 4) is 0 Å². The Morgan fingerprint density at radius 3 is 2.55 bits per heavy atom. The lowest BCUT2D eigenvalue weighted by atomic mass is 9.80. The van der Waals surface area contributed by atoms with Gasteiger partial charge in [0.1, 0.15) is 6.04 Å². The van der Waals surface area contributed by atoms with Crippen LogP contribution >= 0.6 is 11.6 Å². The Morgan fingerprint density at radius 1 is 1.05 bits per heavy atom. The summed E-state index contributed by atoms with van der Waals surface area (Å²) in [6, 6.07) is 16.2. The number of nitrogens with zero attached hydrogens (tertiary/aromatic N) is 1. The summed E-state index contributed by atoms with van der Waals surface area (Å²) in [6.45, 7) is 2.50. The van der Waals surface area contributed by atoms with Gasteiger partial charge in [-0.3, -0.25) is 9.69 Å². The maximum atomic E-state index is 12.3. The first-order valence-electron chi connectivity index (χ1n) is 7.60. The second kappa shape index (κ2) is 5.41. The van der Waals surface area contributed by atoms with E-state index in [1.54, 1.807) is 0 Å². The van der Waals surface area contributed by atoms with E-state index in [1.807, 2.05) is 18.2 Å². The molecule has 0 bridgehead atoms. The smallest absolute Gasteiger partial charge is 0.242 e. The Labute approximate surface area is 134 Å². The number of amides is 1. The number of benzene rings is 2. The van der Waals surface area contributed by atoms with Gasteiger partial charge in [0.25, 0.3) is 0 Å². The summed E-state index contributed by atoms with van der Waals surface area (Å²) in [6.07, 6.45) is 0. The number of rotatable bonds is 1. The molecule has 0 radical (unpaired) electrons. The summed E-state index contributed by atoms with van der Waals surface area (Å²) >= 11 is 6.02. The van der Waals surface area contributed by atoms with E-state index in [1.165, 1.54) is 11.1 Å². The molecule has 1 saturated heterocycles. The number of nitrogens with one attached hydrogen (secondary N) is 1. The van der Waals surface area contributed by atoms with Crippen LogP contribution in [0.4, 0.5) is 0 Å². The molecule has 2 aromatic rings. The molecule has 2 heterocycles. The molecule has 2 aliphatic rings. The molecule has 3 nitrogen and oxygen atoms in total. The molecule has 2 aromatic carbocycles. The van der Waals surface area contributed by atoms with Crippen molar-refractivity contribution >= 4 is 17.5 Å². The number of carbonyl (C=O) groups is 1. The summed E-state index contributed by atoms with van der Waals surface area (Å²) in [7, 11) is 0. The van der Waals surface area contributed by atoms with Crippen molar-refractivity contribution in [2.75, 3.05) is 19.6 Å². The third-order valence-electron chi connectivity index (χ3n) is 4.67. The predicted octanol–water partition coefficient (Wildman–Crippen LogP) is 2.96. The predicted molar refractivity (Wildman–Crippen MR) is 87.1 cm³/mol. The molecule has 2 aliphatic heterocycles. The van der Waals surface area contributed by atoms with Crippen molar-refractivity contribution in [2.45, 2.75) is 12.0 Å². The normalized spacial score (nSPS) is 24.3. The SMILES string of the molecule is O=C1NCCN2C[C@@H](c3ccc(Cl)cc3)c3ccccc3[C@@H]12. The molecule has 0 saturated carbocycles. The monoisotopic (exact) mass is 312 g/mol. The zero-order valence-electron chi connectivity index (χ0n) is 12.1. The maximum absolute atomic E-state index is 12.3. The van der Waals surface area contributed by atoms with Crippen molar-refractivity contribution < 1.29 is 4.79 Å². The molecular formula is C18H17ClN2O. The fraction of sp³-hybridized carbons (Fsp3) is 0.278. The van der Waals surface area contributed by atoms with Crippen LogP contribution in [0.2, 0.25) is 5.02 Å². The van der Waals surface area contributed by atoms with Gasteiger partial charge >= 0.3 is 0 Å². The van der Waals surface area contributed by atoms with Gasteiger partial charge in [-0.25, -0.2) is 0 Å². The first kappa shape index (κ1) is 13.8. The van der Waals surface area contributed by atoms with E-state index in [0.717, 1.165) is 30.2 Å². The summed E-state index contributed by atoms with van der Waals surface area (Å²) in [5, 5.41) is 3.74. The standard InChI is InChI=1S/C18H17ClN2O/c19-13-7-5-12(6-8-13)16-11-21-10-9-20-18(22)17(21)15-4-2-1-3-14(15)16/h1-8,16-17H,9-11H2,(H,20,22)/t16-,17-/m0/s1. The molecular weight excluding hydrogens is 296 g/mol. The quantitative estimate of drug-likeness (QED) is 0.878. The van der Waals surface area contributed by atoms with Gasteiger partial charge in [-0.15, -0.1) is 0 Å². The van der Waals surface area contributed by atoms with Crippen molar-refractivity contribution in [3.05, 3.63) is 70.2 Å². The topological polar surface area (TPSA) is 32.3 Å². The van der Waals surface area contributed by atoms with Crippen LogP contribution in [0.5, 0.6) is 0 Å². The van der Waals surface area contributed by atoms with Gasteiger partial charge in [0.05, 0.1) is 0 Å². The van der Waals surface area contributed by atoms with E-state index >= 15 is 0 Å². The number of fused-ring (bicyclic) bond motifs is 3. The molecule has 1 fully saturated rings. The Bertz CT molecular complexity index is 713. The van der Waals surface area contributed by atoms with Crippen molar-refractivity contribution in [3.63, 3.8) is 0 Å². The van der Waals surface area contributed by atoms with E-state index in [0.29, 0.717) is 0 Å². The molecule has 4 rings (SSSR count). The van der Waals surface area contributed by atoms with Crippen LogP contribution in [0.1, 0.15) is 28.7 Å². The van der Waals surface area contributed by atoms with Gasteiger partial charge in [0.15, 0.2) is 0 Å². The van der Waals surface area contributed by atoms with Gasteiger partial charge < -0.3 is 5.32 Å². The van der Waals surface area contributed by atoms with Crippen LogP contribution < -0.4 is 5.32 Å². The largest absolute Gasteiger partial charge is 0.353 e. The second-order valence-corrected chi connectivity index (χ2v) is 6.36. The third-order valence-corrected chi connectivity index (χ3v) is 4.92. The first-order valence-corrected chi connectivity index (χ1v) is 7.98. The van der Waals surface area contributed by atoms with Gasteiger partial charge in [-0.2, -0.15) is 0 Å². The molecule has 112 valence electrons. The zero-order valence-corrected chi connectivity index (χ0v) is 12.9. The van der Waals surface area contributed by atoms with Crippen LogP contribution in [0, 0.1) is 0 Å². The van der Waals surface area contributed by atoms with E-state index in [9.17, 15) is 4.79 Å². The zero-order chi connectivity index (χ0) is 15.1. The fourth-order valence-corrected chi connectivity index (χ4v) is 3.77. The van der Waals surface area contributed by atoms with Crippen molar-refractivity contribution in [2.24, 2.45) is 0 Å². The highest BCUT2D eigenvalue weighted by Crippen LogP contribution is 2.40. The van der Waals surface area contributed by atoms with Gasteiger partial charge in [0, 0.05) is 30.6 Å². The van der Waals surface area contributed by atoms with E-state index < -0.39 is 0 Å². The highest BCUT2D eigenvalue weighted by Gasteiger charge is 2.39. The van der Waals surface area contributed by atoms with Gasteiger partial charge in [-0.05, 0) is 28.8 Å². The molecule has 4 heteroatoms. The van der Waals surface area contributed by atoms with Crippen LogP contribution in [0.3, 0.4) is 0 Å². The molecule has 1 amide bonds. The third kappa shape index (κ3) is 2.21. The molecule has 0 unspecified atom stereocenters. The number of carbonyl (C=O) groups excluding carboxylic acids is 1. The van der Waals surface area contributed by atoms with Crippen LogP contribution in [0.25, 0.3) is 0 Å². The molecule has 22 heavy (non-hydrogen) atoms. The lowest BCUT2D eigenvalue weighted by Gasteiger charge is -2.43. The number of halogens is 1. The van der Waals surface area contributed by atoms with Crippen LogP contribution in [-0.4, -0.2) is 30.4 Å². The Hall–Kier alpha value is -1.84. The molecule has 2 atom stereocenters. The van der Waals surface area contributed by atoms with Crippen LogP contribution in [0.15, 0.2) is 48.5 Å².